The van der Waals surface area contributed by atoms with Gasteiger partial charge < -0.3 is 10.1 Å². The molecule has 1 N–H and O–H groups in total. The Morgan fingerprint density at radius 2 is 2.11 bits per heavy atom. The van der Waals surface area contributed by atoms with E-state index >= 15 is 0 Å². The van der Waals surface area contributed by atoms with Gasteiger partial charge in [0.2, 0.25) is 5.95 Å². The highest BCUT2D eigenvalue weighted by Gasteiger charge is 2.24. The lowest BCUT2D eigenvalue weighted by Gasteiger charge is -2.27. The Morgan fingerprint density at radius 1 is 1.22 bits per heavy atom. The fourth-order valence-electron chi connectivity index (χ4n) is 3.61. The summed E-state index contributed by atoms with van der Waals surface area (Å²) in [7, 11) is 0. The zero-order chi connectivity index (χ0) is 18.8. The van der Waals surface area contributed by atoms with Crippen LogP contribution in [0.3, 0.4) is 0 Å². The number of pyridine rings is 1. The van der Waals surface area contributed by atoms with E-state index < -0.39 is 5.95 Å². The van der Waals surface area contributed by atoms with Crippen molar-refractivity contribution in [2.24, 2.45) is 4.99 Å². The molecule has 0 fully saturated rings. The minimum absolute atomic E-state index is 0.199. The number of aromatic nitrogens is 1. The topological polar surface area (TPSA) is 46.5 Å². The highest BCUT2D eigenvalue weighted by molar-refractivity contribution is 6.35. The molecule has 1 aromatic heterocycles. The first-order valence-corrected chi connectivity index (χ1v) is 9.93. The number of benzene rings is 1. The molecule has 3 heterocycles. The summed E-state index contributed by atoms with van der Waals surface area (Å²) >= 11 is 12.4. The van der Waals surface area contributed by atoms with Crippen LogP contribution in [-0.4, -0.2) is 23.8 Å². The molecule has 142 valence electrons. The highest BCUT2D eigenvalue weighted by atomic mass is 35.5. The van der Waals surface area contributed by atoms with Crippen LogP contribution >= 0.6 is 23.2 Å². The number of aliphatic imine (C=N–C) groups is 1. The molecule has 7 heteroatoms. The summed E-state index contributed by atoms with van der Waals surface area (Å²) in [6.07, 6.45) is 4.50. The van der Waals surface area contributed by atoms with Gasteiger partial charge in [0.1, 0.15) is 5.75 Å². The van der Waals surface area contributed by atoms with E-state index in [1.165, 1.54) is 6.07 Å². The van der Waals surface area contributed by atoms with Gasteiger partial charge >= 0.3 is 0 Å². The predicted molar refractivity (Wildman–Crippen MR) is 106 cm³/mol. The lowest BCUT2D eigenvalue weighted by Crippen LogP contribution is -2.28. The van der Waals surface area contributed by atoms with Gasteiger partial charge in [0.05, 0.1) is 23.0 Å². The zero-order valence-electron chi connectivity index (χ0n) is 14.8. The van der Waals surface area contributed by atoms with Crippen molar-refractivity contribution in [3.63, 3.8) is 0 Å². The lowest BCUT2D eigenvalue weighted by atomic mass is 10.00. The molecule has 0 spiro atoms. The van der Waals surface area contributed by atoms with Gasteiger partial charge in [0, 0.05) is 35.2 Å². The molecular weight excluding hydrogens is 388 g/mol. The summed E-state index contributed by atoms with van der Waals surface area (Å²) in [5.41, 5.74) is 3.66. The third-order valence-corrected chi connectivity index (χ3v) is 5.41. The number of halogens is 3. The second kappa shape index (κ2) is 8.13. The molecule has 0 saturated heterocycles. The quantitative estimate of drug-likeness (QED) is 0.512. The third-order valence-electron chi connectivity index (χ3n) is 4.91. The van der Waals surface area contributed by atoms with Crippen LogP contribution in [0.15, 0.2) is 29.3 Å². The Morgan fingerprint density at radius 3 is 3.00 bits per heavy atom. The zero-order valence-corrected chi connectivity index (χ0v) is 16.3. The molecule has 2 aliphatic heterocycles. The number of nitrogens with zero attached hydrogens (tertiary/aromatic N) is 2. The maximum atomic E-state index is 13.2. The van der Waals surface area contributed by atoms with Gasteiger partial charge in [-0.15, -0.1) is 0 Å². The molecule has 1 atom stereocenters. The first-order chi connectivity index (χ1) is 13.1. The van der Waals surface area contributed by atoms with Gasteiger partial charge in [-0.05, 0) is 50.1 Å². The molecule has 0 aliphatic carbocycles. The number of unbranched alkanes of at least 4 members (excludes halogenated alkanes) is 1. The van der Waals surface area contributed by atoms with Crippen molar-refractivity contribution in [2.45, 2.75) is 38.1 Å². The van der Waals surface area contributed by atoms with Crippen LogP contribution < -0.4 is 10.1 Å². The number of fused-ring (bicyclic) bond motifs is 2. The lowest BCUT2D eigenvalue weighted by molar-refractivity contribution is 0.253. The monoisotopic (exact) mass is 407 g/mol. The van der Waals surface area contributed by atoms with Crippen LogP contribution in [0.2, 0.25) is 10.0 Å². The first kappa shape index (κ1) is 18.7. The van der Waals surface area contributed by atoms with E-state index in [9.17, 15) is 4.39 Å². The Bertz CT molecular complexity index is 888. The summed E-state index contributed by atoms with van der Waals surface area (Å²) < 4.78 is 18.9. The standard InChI is InChI=1S/C20H20Cl2FN3O/c21-12-9-14-16(6-8-27-20(14)15(22)10-12)24-7-2-1-3-13-11-18-17(25-13)4-5-19(23)26-18/h4-5,9-10,16,24H,1-3,6-8,11H2/t16-/m0/s1. The maximum Gasteiger partial charge on any atom is 0.213 e. The minimum Gasteiger partial charge on any atom is -0.492 e. The van der Waals surface area contributed by atoms with Gasteiger partial charge in [0.25, 0.3) is 0 Å². The predicted octanol–water partition coefficient (Wildman–Crippen LogP) is 5.44. The Hall–Kier alpha value is -1.69. The first-order valence-electron chi connectivity index (χ1n) is 9.17. The number of hydrogen-bond acceptors (Lipinski definition) is 4. The minimum atomic E-state index is -0.439. The summed E-state index contributed by atoms with van der Waals surface area (Å²) in [4.78, 5) is 8.47. The van der Waals surface area contributed by atoms with Crippen molar-refractivity contribution in [3.8, 4) is 5.75 Å². The summed E-state index contributed by atoms with van der Waals surface area (Å²) in [5.74, 6) is 0.300. The Balaban J connectivity index is 1.25. The van der Waals surface area contributed by atoms with Crippen molar-refractivity contribution in [2.75, 3.05) is 13.2 Å². The van der Waals surface area contributed by atoms with E-state index in [2.05, 4.69) is 15.3 Å². The largest absolute Gasteiger partial charge is 0.492 e. The molecule has 0 radical (unpaired) electrons. The van der Waals surface area contributed by atoms with Crippen molar-refractivity contribution in [1.29, 1.82) is 0 Å². The number of rotatable bonds is 6. The molecule has 0 amide bonds. The van der Waals surface area contributed by atoms with Crippen LogP contribution in [0.4, 0.5) is 10.1 Å². The average molecular weight is 408 g/mol. The number of ether oxygens (including phenoxy) is 1. The molecule has 2 aromatic rings. The van der Waals surface area contributed by atoms with Crippen LogP contribution in [0, 0.1) is 5.95 Å². The molecular formula is C20H20Cl2FN3O. The fraction of sp³-hybridized carbons (Fsp3) is 0.400. The Kier molecular flexibility index (Phi) is 5.62. The van der Waals surface area contributed by atoms with Gasteiger partial charge in [-0.2, -0.15) is 4.39 Å². The highest BCUT2D eigenvalue weighted by Crippen LogP contribution is 2.39. The number of nitrogens with one attached hydrogen (secondary N) is 1. The fourth-order valence-corrected chi connectivity index (χ4v) is 4.18. The van der Waals surface area contributed by atoms with Crippen molar-refractivity contribution >= 4 is 34.6 Å². The molecule has 4 nitrogen and oxygen atoms in total. The Labute approximate surface area is 167 Å². The van der Waals surface area contributed by atoms with E-state index in [-0.39, 0.29) is 6.04 Å². The molecule has 4 rings (SSSR count). The molecule has 0 unspecified atom stereocenters. The van der Waals surface area contributed by atoms with E-state index in [1.807, 2.05) is 6.07 Å². The van der Waals surface area contributed by atoms with E-state index in [0.29, 0.717) is 23.1 Å². The van der Waals surface area contributed by atoms with Gasteiger partial charge in [-0.25, -0.2) is 4.98 Å². The summed E-state index contributed by atoms with van der Waals surface area (Å²) in [6.45, 7) is 1.53. The van der Waals surface area contributed by atoms with Crippen molar-refractivity contribution in [3.05, 3.63) is 51.5 Å². The van der Waals surface area contributed by atoms with Gasteiger partial charge in [-0.3, -0.25) is 4.99 Å². The summed E-state index contributed by atoms with van der Waals surface area (Å²) in [5, 5.41) is 4.77. The third kappa shape index (κ3) is 4.26. The summed E-state index contributed by atoms with van der Waals surface area (Å²) in [6, 6.07) is 6.90. The van der Waals surface area contributed by atoms with Gasteiger partial charge in [0.15, 0.2) is 0 Å². The van der Waals surface area contributed by atoms with Crippen LogP contribution in [0.1, 0.15) is 43.0 Å². The molecule has 2 aliphatic rings. The second-order valence-corrected chi connectivity index (χ2v) is 7.71. The van der Waals surface area contributed by atoms with Gasteiger partial charge in [-0.1, -0.05) is 23.2 Å². The van der Waals surface area contributed by atoms with E-state index in [0.717, 1.165) is 60.6 Å². The normalized spacial score (nSPS) is 17.9. The number of hydrogen-bond donors (Lipinski definition) is 1. The SMILES string of the molecule is Fc1ccc2c(n1)CC(CCCCN[C@H]1CCOc3c(Cl)cc(Cl)cc31)=N2. The van der Waals surface area contributed by atoms with Crippen molar-refractivity contribution < 1.29 is 9.13 Å². The smallest absolute Gasteiger partial charge is 0.213 e. The molecule has 1 aromatic carbocycles. The molecule has 27 heavy (non-hydrogen) atoms. The van der Waals surface area contributed by atoms with Crippen LogP contribution in [0.5, 0.6) is 5.75 Å². The average Bonchev–Trinajstić information content (AvgIpc) is 3.03. The molecule has 0 saturated carbocycles. The molecule has 0 bridgehead atoms. The van der Waals surface area contributed by atoms with Crippen LogP contribution in [0.25, 0.3) is 0 Å². The van der Waals surface area contributed by atoms with Crippen molar-refractivity contribution in [1.82, 2.24) is 10.3 Å². The van der Waals surface area contributed by atoms with E-state index in [4.69, 9.17) is 27.9 Å². The maximum absolute atomic E-state index is 13.2. The van der Waals surface area contributed by atoms with Crippen LogP contribution in [-0.2, 0) is 6.42 Å². The van der Waals surface area contributed by atoms with E-state index in [1.54, 1.807) is 12.1 Å². The second-order valence-electron chi connectivity index (χ2n) is 6.86.